The molecule has 3 rings (SSSR count). The number of rotatable bonds is 3. The molecule has 28 heavy (non-hydrogen) atoms. The number of nitriles is 1. The molecule has 0 unspecified atom stereocenters. The highest BCUT2D eigenvalue weighted by Gasteiger charge is 2.33. The number of fused-ring (bicyclic) bond motifs is 1. The van der Waals surface area contributed by atoms with Gasteiger partial charge in [0.05, 0.1) is 24.5 Å². The Morgan fingerprint density at radius 1 is 1.11 bits per heavy atom. The molecule has 1 heterocycles. The zero-order valence-corrected chi connectivity index (χ0v) is 14.5. The van der Waals surface area contributed by atoms with Gasteiger partial charge in [-0.3, -0.25) is 4.79 Å². The summed E-state index contributed by atoms with van der Waals surface area (Å²) in [7, 11) is 0. The van der Waals surface area contributed by atoms with E-state index < -0.39 is 23.3 Å². The second kappa shape index (κ2) is 8.05. The quantitative estimate of drug-likeness (QED) is 0.624. The monoisotopic (exact) mass is 388 g/mol. The lowest BCUT2D eigenvalue weighted by Crippen LogP contribution is -2.17. The van der Waals surface area contributed by atoms with E-state index in [4.69, 9.17) is 9.47 Å². The Kier molecular flexibility index (Phi) is 5.54. The Labute approximate surface area is 159 Å². The SMILES string of the molecule is N#C/C(=C\c1cccc2c1OCCCO2)C(=O)Nc1ccccc1C(F)(F)F. The molecule has 144 valence electrons. The molecule has 1 aliphatic heterocycles. The van der Waals surface area contributed by atoms with Crippen molar-refractivity contribution in [3.05, 3.63) is 59.2 Å². The van der Waals surface area contributed by atoms with Crippen LogP contribution in [0.5, 0.6) is 11.5 Å². The van der Waals surface area contributed by atoms with Crippen LogP contribution in [0.4, 0.5) is 18.9 Å². The van der Waals surface area contributed by atoms with Crippen molar-refractivity contribution in [3.63, 3.8) is 0 Å². The van der Waals surface area contributed by atoms with Crippen LogP contribution in [0.1, 0.15) is 17.5 Å². The minimum Gasteiger partial charge on any atom is -0.490 e. The molecule has 0 radical (unpaired) electrons. The van der Waals surface area contributed by atoms with Crippen molar-refractivity contribution in [2.24, 2.45) is 0 Å². The van der Waals surface area contributed by atoms with Gasteiger partial charge in [-0.05, 0) is 24.3 Å². The van der Waals surface area contributed by atoms with Gasteiger partial charge in [0.25, 0.3) is 5.91 Å². The van der Waals surface area contributed by atoms with Gasteiger partial charge in [-0.2, -0.15) is 18.4 Å². The number of nitrogens with one attached hydrogen (secondary N) is 1. The van der Waals surface area contributed by atoms with E-state index in [1.807, 2.05) is 0 Å². The minimum absolute atomic E-state index is 0.363. The van der Waals surface area contributed by atoms with Crippen molar-refractivity contribution in [1.29, 1.82) is 5.26 Å². The number of benzene rings is 2. The molecule has 2 aromatic rings. The molecule has 1 amide bonds. The first-order chi connectivity index (χ1) is 13.4. The third-order valence-electron chi connectivity index (χ3n) is 3.95. The zero-order chi connectivity index (χ0) is 20.1. The maximum atomic E-state index is 13.1. The van der Waals surface area contributed by atoms with Gasteiger partial charge in [0.2, 0.25) is 0 Å². The third kappa shape index (κ3) is 4.26. The Morgan fingerprint density at radius 3 is 2.61 bits per heavy atom. The average molecular weight is 388 g/mol. The summed E-state index contributed by atoms with van der Waals surface area (Å²) < 4.78 is 50.5. The molecule has 8 heteroatoms. The molecule has 0 spiro atoms. The van der Waals surface area contributed by atoms with Gasteiger partial charge in [-0.15, -0.1) is 0 Å². The summed E-state index contributed by atoms with van der Waals surface area (Å²) in [6.45, 7) is 0.880. The van der Waals surface area contributed by atoms with E-state index in [0.29, 0.717) is 36.7 Å². The highest BCUT2D eigenvalue weighted by molar-refractivity contribution is 6.10. The predicted molar refractivity (Wildman–Crippen MR) is 95.7 cm³/mol. The molecule has 0 fully saturated rings. The second-order valence-corrected chi connectivity index (χ2v) is 5.89. The van der Waals surface area contributed by atoms with Gasteiger partial charge < -0.3 is 14.8 Å². The number of hydrogen-bond acceptors (Lipinski definition) is 4. The molecular weight excluding hydrogens is 373 g/mol. The highest BCUT2D eigenvalue weighted by atomic mass is 19.4. The van der Waals surface area contributed by atoms with E-state index >= 15 is 0 Å². The number of carbonyl (C=O) groups excluding carboxylic acids is 1. The minimum atomic E-state index is -4.64. The van der Waals surface area contributed by atoms with E-state index in [1.54, 1.807) is 24.3 Å². The first kappa shape index (κ1) is 19.3. The standard InChI is InChI=1S/C20H15F3N2O3/c21-20(22,23)15-6-1-2-7-16(15)25-19(26)14(12-24)11-13-5-3-8-17-18(13)28-10-4-9-27-17/h1-3,5-8,11H,4,9-10H2,(H,25,26)/b14-11+. The summed E-state index contributed by atoms with van der Waals surface area (Å²) in [5, 5.41) is 11.5. The zero-order valence-electron chi connectivity index (χ0n) is 14.5. The molecule has 1 aliphatic rings. The number of carbonyl (C=O) groups is 1. The average Bonchev–Trinajstić information content (AvgIpc) is 2.91. The molecule has 5 nitrogen and oxygen atoms in total. The molecule has 0 aliphatic carbocycles. The molecule has 1 N–H and O–H groups in total. The van der Waals surface area contributed by atoms with E-state index in [9.17, 15) is 23.2 Å². The smallest absolute Gasteiger partial charge is 0.418 e. The summed E-state index contributed by atoms with van der Waals surface area (Å²) in [6, 6.07) is 11.3. The Hall–Kier alpha value is -3.47. The largest absolute Gasteiger partial charge is 0.490 e. The maximum Gasteiger partial charge on any atom is 0.418 e. The van der Waals surface area contributed by atoms with Crippen LogP contribution in [0.3, 0.4) is 0 Å². The fourth-order valence-electron chi connectivity index (χ4n) is 2.66. The molecule has 2 aromatic carbocycles. The van der Waals surface area contributed by atoms with Gasteiger partial charge >= 0.3 is 6.18 Å². The van der Waals surface area contributed by atoms with E-state index in [-0.39, 0.29) is 5.57 Å². The van der Waals surface area contributed by atoms with Crippen LogP contribution in [-0.2, 0) is 11.0 Å². The normalized spacial score (nSPS) is 14.0. The molecule has 0 bridgehead atoms. The summed E-state index contributed by atoms with van der Waals surface area (Å²) >= 11 is 0. The van der Waals surface area contributed by atoms with Gasteiger partial charge in [-0.1, -0.05) is 24.3 Å². The number of ether oxygens (including phenoxy) is 2. The van der Waals surface area contributed by atoms with Crippen LogP contribution in [0.25, 0.3) is 6.08 Å². The summed E-state index contributed by atoms with van der Waals surface area (Å²) in [5.74, 6) is -0.0889. The lowest BCUT2D eigenvalue weighted by atomic mass is 10.1. The van der Waals surface area contributed by atoms with Crippen LogP contribution in [0, 0.1) is 11.3 Å². The Bertz CT molecular complexity index is 962. The number of halogens is 3. The first-order valence-corrected chi connectivity index (χ1v) is 8.38. The van der Waals surface area contributed by atoms with E-state index in [1.165, 1.54) is 18.2 Å². The fourth-order valence-corrected chi connectivity index (χ4v) is 2.66. The van der Waals surface area contributed by atoms with Crippen molar-refractivity contribution in [2.75, 3.05) is 18.5 Å². The second-order valence-electron chi connectivity index (χ2n) is 5.89. The number of amides is 1. The van der Waals surface area contributed by atoms with E-state index in [0.717, 1.165) is 12.1 Å². The van der Waals surface area contributed by atoms with Crippen molar-refractivity contribution in [2.45, 2.75) is 12.6 Å². The molecule has 0 atom stereocenters. The van der Waals surface area contributed by atoms with Crippen molar-refractivity contribution in [3.8, 4) is 17.6 Å². The van der Waals surface area contributed by atoms with Gasteiger partial charge in [0.1, 0.15) is 11.6 Å². The van der Waals surface area contributed by atoms with Crippen LogP contribution in [-0.4, -0.2) is 19.1 Å². The van der Waals surface area contributed by atoms with Crippen molar-refractivity contribution < 1.29 is 27.4 Å². The van der Waals surface area contributed by atoms with Gasteiger partial charge in [0, 0.05) is 12.0 Å². The molecule has 0 aromatic heterocycles. The van der Waals surface area contributed by atoms with Crippen molar-refractivity contribution in [1.82, 2.24) is 0 Å². The lowest BCUT2D eigenvalue weighted by molar-refractivity contribution is -0.137. The highest BCUT2D eigenvalue weighted by Crippen LogP contribution is 2.36. The predicted octanol–water partition coefficient (Wildman–Crippen LogP) is 4.41. The molecule has 0 saturated heterocycles. The number of anilines is 1. The maximum absolute atomic E-state index is 13.1. The van der Waals surface area contributed by atoms with Crippen LogP contribution in [0.15, 0.2) is 48.0 Å². The summed E-state index contributed by atoms with van der Waals surface area (Å²) in [4.78, 5) is 12.4. The molecule has 0 saturated carbocycles. The van der Waals surface area contributed by atoms with Crippen LogP contribution < -0.4 is 14.8 Å². The topological polar surface area (TPSA) is 71.3 Å². The van der Waals surface area contributed by atoms with E-state index in [2.05, 4.69) is 5.32 Å². The number of alkyl halides is 3. The molecular formula is C20H15F3N2O3. The fraction of sp³-hybridized carbons (Fsp3) is 0.200. The first-order valence-electron chi connectivity index (χ1n) is 8.38. The van der Waals surface area contributed by atoms with Gasteiger partial charge in [0.15, 0.2) is 11.5 Å². The third-order valence-corrected chi connectivity index (χ3v) is 3.95. The lowest BCUT2D eigenvalue weighted by Gasteiger charge is -2.13. The number of nitrogens with zero attached hydrogens (tertiary/aromatic N) is 1. The van der Waals surface area contributed by atoms with Crippen LogP contribution >= 0.6 is 0 Å². The summed E-state index contributed by atoms with van der Waals surface area (Å²) in [5.41, 5.74) is -1.35. The van der Waals surface area contributed by atoms with Crippen molar-refractivity contribution >= 4 is 17.7 Å². The number of hydrogen-bond donors (Lipinski definition) is 1. The van der Waals surface area contributed by atoms with Crippen LogP contribution in [0.2, 0.25) is 0 Å². The summed E-state index contributed by atoms with van der Waals surface area (Å²) in [6.07, 6.45) is -2.70. The number of para-hydroxylation sites is 2. The van der Waals surface area contributed by atoms with Gasteiger partial charge in [-0.25, -0.2) is 0 Å². The Balaban J connectivity index is 1.91. The Morgan fingerprint density at radius 2 is 1.86 bits per heavy atom.